The Morgan fingerprint density at radius 2 is 1.59 bits per heavy atom. The molecule has 5 saturated carbocycles. The summed E-state index contributed by atoms with van der Waals surface area (Å²) in [5.74, 6) is 3.04. The van der Waals surface area contributed by atoms with E-state index >= 15 is 0 Å². The Bertz CT molecular complexity index is 824. The number of carbonyl (C=O) groups is 3. The molecular weight excluding hydrogens is 464 g/mol. The summed E-state index contributed by atoms with van der Waals surface area (Å²) >= 11 is 0. The molecule has 37 heavy (non-hydrogen) atoms. The standard InChI is InChI=1S/C32H52O5/c1-7-25(32-17-22-13-23(18-32)15-24(14-22)19-32)12-21(3)36-29(35)31(6,8-2)20-30(4,5)28(34)37-27-11-9-10-26(33)16-27/h21-25,27H,7-20H2,1-6H3. The van der Waals surface area contributed by atoms with Crippen LogP contribution in [0.15, 0.2) is 0 Å². The number of hydrogen-bond donors (Lipinski definition) is 0. The van der Waals surface area contributed by atoms with Crippen molar-refractivity contribution in [3.05, 3.63) is 0 Å². The van der Waals surface area contributed by atoms with Gasteiger partial charge in [-0.15, -0.1) is 0 Å². The minimum absolute atomic E-state index is 0.125. The van der Waals surface area contributed by atoms with Crippen molar-refractivity contribution < 1.29 is 23.9 Å². The van der Waals surface area contributed by atoms with Crippen LogP contribution < -0.4 is 0 Å². The van der Waals surface area contributed by atoms with Gasteiger partial charge >= 0.3 is 11.9 Å². The van der Waals surface area contributed by atoms with Gasteiger partial charge in [0.15, 0.2) is 0 Å². The Morgan fingerprint density at radius 1 is 1.00 bits per heavy atom. The van der Waals surface area contributed by atoms with E-state index in [9.17, 15) is 14.4 Å². The van der Waals surface area contributed by atoms with Crippen molar-refractivity contribution >= 4 is 17.7 Å². The Balaban J connectivity index is 1.35. The predicted octanol–water partition coefficient (Wildman–Crippen LogP) is 7.44. The highest BCUT2D eigenvalue weighted by molar-refractivity contribution is 5.82. The summed E-state index contributed by atoms with van der Waals surface area (Å²) in [4.78, 5) is 38.4. The molecule has 5 rings (SSSR count). The average Bonchev–Trinajstić information content (AvgIpc) is 2.81. The fourth-order valence-corrected chi connectivity index (χ4v) is 9.09. The molecule has 5 nitrogen and oxygen atoms in total. The first-order valence-corrected chi connectivity index (χ1v) is 15.3. The fourth-order valence-electron chi connectivity index (χ4n) is 9.09. The van der Waals surface area contributed by atoms with Crippen molar-refractivity contribution in [1.82, 2.24) is 0 Å². The van der Waals surface area contributed by atoms with Crippen LogP contribution in [0.1, 0.15) is 131 Å². The number of ether oxygens (including phenoxy) is 2. The molecule has 4 unspecified atom stereocenters. The SMILES string of the molecule is CCC(CC(C)OC(=O)C(C)(CC)CC(C)(C)C(=O)OC1CCCC(=O)C1)C12CC3CC(CC(C3)C1)C2. The molecule has 5 aliphatic carbocycles. The van der Waals surface area contributed by atoms with E-state index in [1.807, 2.05) is 27.7 Å². The molecule has 0 spiro atoms. The third-order valence-electron chi connectivity index (χ3n) is 10.7. The lowest BCUT2D eigenvalue weighted by molar-refractivity contribution is -0.170. The highest BCUT2D eigenvalue weighted by atomic mass is 16.5. The van der Waals surface area contributed by atoms with E-state index in [0.29, 0.717) is 37.0 Å². The smallest absolute Gasteiger partial charge is 0.312 e. The van der Waals surface area contributed by atoms with E-state index in [0.717, 1.165) is 43.4 Å². The Kier molecular flexibility index (Phi) is 8.51. The fraction of sp³-hybridized carbons (Fsp3) is 0.906. The van der Waals surface area contributed by atoms with Crippen LogP contribution in [-0.2, 0) is 23.9 Å². The van der Waals surface area contributed by atoms with Gasteiger partial charge in [0.1, 0.15) is 11.9 Å². The average molecular weight is 517 g/mol. The van der Waals surface area contributed by atoms with Crippen LogP contribution in [0.5, 0.6) is 0 Å². The van der Waals surface area contributed by atoms with Gasteiger partial charge in [0.25, 0.3) is 0 Å². The van der Waals surface area contributed by atoms with E-state index in [4.69, 9.17) is 9.47 Å². The van der Waals surface area contributed by atoms with Crippen molar-refractivity contribution in [1.29, 1.82) is 0 Å². The lowest BCUT2D eigenvalue weighted by Gasteiger charge is -2.60. The summed E-state index contributed by atoms with van der Waals surface area (Å²) in [6, 6.07) is 0. The molecule has 210 valence electrons. The molecule has 0 aromatic carbocycles. The lowest BCUT2D eigenvalue weighted by Crippen LogP contribution is -2.50. The molecule has 0 aliphatic heterocycles. The maximum Gasteiger partial charge on any atom is 0.312 e. The van der Waals surface area contributed by atoms with Crippen molar-refractivity contribution in [2.75, 3.05) is 0 Å². The molecule has 0 saturated heterocycles. The summed E-state index contributed by atoms with van der Waals surface area (Å²) in [5.41, 5.74) is -1.13. The third-order valence-corrected chi connectivity index (χ3v) is 10.7. The molecule has 0 aromatic heterocycles. The maximum absolute atomic E-state index is 13.5. The number of rotatable bonds is 11. The Hall–Kier alpha value is -1.39. The van der Waals surface area contributed by atoms with Crippen LogP contribution in [0.3, 0.4) is 0 Å². The van der Waals surface area contributed by atoms with E-state index in [1.165, 1.54) is 38.5 Å². The van der Waals surface area contributed by atoms with Crippen molar-refractivity contribution in [2.24, 2.45) is 39.9 Å². The molecule has 0 aromatic rings. The summed E-state index contributed by atoms with van der Waals surface area (Å²) in [6.07, 6.45) is 13.5. The summed E-state index contributed by atoms with van der Waals surface area (Å²) in [7, 11) is 0. The summed E-state index contributed by atoms with van der Waals surface area (Å²) in [5, 5.41) is 0. The van der Waals surface area contributed by atoms with Gasteiger partial charge in [-0.2, -0.15) is 0 Å². The van der Waals surface area contributed by atoms with Gasteiger partial charge in [-0.3, -0.25) is 14.4 Å². The van der Waals surface area contributed by atoms with Gasteiger partial charge in [-0.05, 0) is 127 Å². The van der Waals surface area contributed by atoms with E-state index in [1.54, 1.807) is 0 Å². The van der Waals surface area contributed by atoms with Crippen molar-refractivity contribution in [3.8, 4) is 0 Å². The Morgan fingerprint density at radius 3 is 2.11 bits per heavy atom. The molecule has 5 aliphatic rings. The van der Waals surface area contributed by atoms with Crippen LogP contribution in [0.2, 0.25) is 0 Å². The highest BCUT2D eigenvalue weighted by Gasteiger charge is 2.54. The molecular formula is C32H52O5. The normalized spacial score (nSPS) is 34.5. The first-order chi connectivity index (χ1) is 17.4. The topological polar surface area (TPSA) is 69.7 Å². The Labute approximate surface area is 225 Å². The monoisotopic (exact) mass is 516 g/mol. The molecule has 5 heteroatoms. The lowest BCUT2D eigenvalue weighted by atomic mass is 9.46. The van der Waals surface area contributed by atoms with Crippen LogP contribution in [0.4, 0.5) is 0 Å². The van der Waals surface area contributed by atoms with Crippen molar-refractivity contribution in [2.45, 2.75) is 144 Å². The molecule has 0 N–H and O–H groups in total. The van der Waals surface area contributed by atoms with Gasteiger partial charge in [-0.1, -0.05) is 20.3 Å². The summed E-state index contributed by atoms with van der Waals surface area (Å²) in [6.45, 7) is 12.0. The second-order valence-corrected chi connectivity index (χ2v) is 14.5. The van der Waals surface area contributed by atoms with Crippen LogP contribution in [-0.4, -0.2) is 29.9 Å². The zero-order valence-corrected chi connectivity index (χ0v) is 24.4. The van der Waals surface area contributed by atoms with Gasteiger partial charge in [0, 0.05) is 12.8 Å². The first kappa shape index (κ1) is 28.6. The maximum atomic E-state index is 13.5. The van der Waals surface area contributed by atoms with Gasteiger partial charge in [0.05, 0.1) is 16.9 Å². The quantitative estimate of drug-likeness (QED) is 0.267. The second-order valence-electron chi connectivity index (χ2n) is 14.5. The summed E-state index contributed by atoms with van der Waals surface area (Å²) < 4.78 is 11.9. The van der Waals surface area contributed by atoms with Crippen molar-refractivity contribution in [3.63, 3.8) is 0 Å². The zero-order chi connectivity index (χ0) is 27.0. The largest absolute Gasteiger partial charge is 0.462 e. The van der Waals surface area contributed by atoms with Crippen LogP contribution in [0.25, 0.3) is 0 Å². The highest BCUT2D eigenvalue weighted by Crippen LogP contribution is 2.64. The predicted molar refractivity (Wildman–Crippen MR) is 145 cm³/mol. The number of ketones is 1. The van der Waals surface area contributed by atoms with Crippen LogP contribution >= 0.6 is 0 Å². The second kappa shape index (κ2) is 11.0. The molecule has 0 amide bonds. The minimum atomic E-state index is -0.835. The minimum Gasteiger partial charge on any atom is -0.462 e. The molecule has 4 atom stereocenters. The number of Topliss-reactive ketones (excluding diaryl/α,β-unsaturated/α-hetero) is 1. The van der Waals surface area contributed by atoms with Gasteiger partial charge < -0.3 is 9.47 Å². The molecule has 5 fully saturated rings. The molecule has 0 radical (unpaired) electrons. The number of carbonyl (C=O) groups excluding carboxylic acids is 3. The van der Waals surface area contributed by atoms with Gasteiger partial charge in [0.2, 0.25) is 0 Å². The molecule has 4 bridgehead atoms. The molecule has 0 heterocycles. The van der Waals surface area contributed by atoms with E-state index in [2.05, 4.69) is 13.8 Å². The zero-order valence-electron chi connectivity index (χ0n) is 24.4. The number of hydrogen-bond acceptors (Lipinski definition) is 5. The van der Waals surface area contributed by atoms with E-state index in [-0.39, 0.29) is 29.9 Å². The van der Waals surface area contributed by atoms with Crippen LogP contribution in [0, 0.1) is 39.9 Å². The first-order valence-electron chi connectivity index (χ1n) is 15.3. The van der Waals surface area contributed by atoms with Gasteiger partial charge in [-0.25, -0.2) is 0 Å². The number of esters is 2. The van der Waals surface area contributed by atoms with E-state index < -0.39 is 10.8 Å². The third kappa shape index (κ3) is 6.27.